The van der Waals surface area contributed by atoms with Crippen LogP contribution in [0.5, 0.6) is 17.4 Å². The molecule has 1 amide bonds. The minimum Gasteiger partial charge on any atom is -0.494 e. The highest BCUT2D eigenvalue weighted by Crippen LogP contribution is 2.38. The number of benzene rings is 2. The number of hydrogen-bond acceptors (Lipinski definition) is 8. The smallest absolute Gasteiger partial charge is 0.432 e. The molecule has 0 aliphatic carbocycles. The quantitative estimate of drug-likeness (QED) is 0.355. The lowest BCUT2D eigenvalue weighted by molar-refractivity contribution is 0.000329. The average molecular weight is 518 g/mol. The molecule has 0 bridgehead atoms. The second kappa shape index (κ2) is 10.5. The predicted octanol–water partition coefficient (Wildman–Crippen LogP) is 4.08. The van der Waals surface area contributed by atoms with E-state index in [-0.39, 0.29) is 29.3 Å². The molecule has 0 radical (unpaired) electrons. The molecule has 0 unspecified atom stereocenters. The van der Waals surface area contributed by atoms with Crippen molar-refractivity contribution in [1.29, 1.82) is 0 Å². The summed E-state index contributed by atoms with van der Waals surface area (Å²) in [5.74, 6) is 0.573. The zero-order valence-electron chi connectivity index (χ0n) is 19.5. The van der Waals surface area contributed by atoms with Gasteiger partial charge in [-0.15, -0.1) is 0 Å². The summed E-state index contributed by atoms with van der Waals surface area (Å²) in [6.45, 7) is 4.06. The maximum Gasteiger partial charge on any atom is 0.432 e. The predicted molar refractivity (Wildman–Crippen MR) is 125 cm³/mol. The van der Waals surface area contributed by atoms with Gasteiger partial charge in [-0.3, -0.25) is 5.21 Å². The third-order valence-corrected chi connectivity index (χ3v) is 7.44. The number of pyridine rings is 1. The van der Waals surface area contributed by atoms with Crippen LogP contribution >= 0.6 is 0 Å². The molecule has 1 aliphatic rings. The molecule has 10 nitrogen and oxygen atoms in total. The summed E-state index contributed by atoms with van der Waals surface area (Å²) in [5, 5.41) is 8.92. The molecule has 1 atom stereocenters. The van der Waals surface area contributed by atoms with Gasteiger partial charge < -0.3 is 14.2 Å². The molecule has 0 saturated heterocycles. The van der Waals surface area contributed by atoms with Gasteiger partial charge in [0, 0.05) is 18.2 Å². The normalized spacial score (nSPS) is 15.6. The largest absolute Gasteiger partial charge is 0.494 e. The van der Waals surface area contributed by atoms with Crippen molar-refractivity contribution >= 4 is 16.1 Å². The van der Waals surface area contributed by atoms with Crippen LogP contribution in [0.15, 0.2) is 59.6 Å². The number of carbonyl (C=O) groups is 1. The van der Waals surface area contributed by atoms with Gasteiger partial charge in [-0.05, 0) is 67.8 Å². The second-order valence-corrected chi connectivity index (χ2v) is 9.72. The summed E-state index contributed by atoms with van der Waals surface area (Å²) in [6, 6.07) is 12.2. The summed E-state index contributed by atoms with van der Waals surface area (Å²) in [4.78, 5) is 15.7. The fourth-order valence-electron chi connectivity index (χ4n) is 3.93. The van der Waals surface area contributed by atoms with Crippen LogP contribution in [-0.2, 0) is 21.2 Å². The molecule has 1 aromatic heterocycles. The van der Waals surface area contributed by atoms with Crippen LogP contribution in [0.1, 0.15) is 29.8 Å². The fourth-order valence-corrected chi connectivity index (χ4v) is 5.35. The Balaban J connectivity index is 1.61. The van der Waals surface area contributed by atoms with Gasteiger partial charge in [0.15, 0.2) is 6.23 Å². The topological polar surface area (TPSA) is 127 Å². The Morgan fingerprint density at radius 3 is 2.53 bits per heavy atom. The molecule has 3 aromatic rings. The SMILES string of the molecule is CCOc1ccc(Oc2ccc(S(=O)(=O)N3CCc4c(C)ccc(F)c4[C@@H]3OC(=O)NO)cn2)cc1. The Morgan fingerprint density at radius 2 is 1.89 bits per heavy atom. The number of nitrogens with one attached hydrogen (secondary N) is 1. The van der Waals surface area contributed by atoms with Gasteiger partial charge in [0.05, 0.1) is 12.8 Å². The molecule has 4 rings (SSSR count). The Labute approximate surface area is 207 Å². The Kier molecular flexibility index (Phi) is 7.38. The van der Waals surface area contributed by atoms with E-state index in [1.54, 1.807) is 37.3 Å². The van der Waals surface area contributed by atoms with Crippen molar-refractivity contribution in [2.75, 3.05) is 13.2 Å². The van der Waals surface area contributed by atoms with Gasteiger partial charge in [-0.2, -0.15) is 4.31 Å². The van der Waals surface area contributed by atoms with Crippen molar-refractivity contribution in [3.8, 4) is 17.4 Å². The number of amides is 1. The first-order valence-electron chi connectivity index (χ1n) is 11.0. The van der Waals surface area contributed by atoms with Gasteiger partial charge in [0.25, 0.3) is 0 Å². The van der Waals surface area contributed by atoms with E-state index in [1.807, 2.05) is 6.92 Å². The van der Waals surface area contributed by atoms with E-state index in [0.717, 1.165) is 16.1 Å². The van der Waals surface area contributed by atoms with E-state index in [0.29, 0.717) is 23.7 Å². The summed E-state index contributed by atoms with van der Waals surface area (Å²) in [6.07, 6.45) is -1.66. The molecule has 12 heteroatoms. The number of fused-ring (bicyclic) bond motifs is 1. The Hall–Kier alpha value is -3.74. The van der Waals surface area contributed by atoms with Crippen LogP contribution in [0.2, 0.25) is 0 Å². The molecule has 190 valence electrons. The number of halogens is 1. The summed E-state index contributed by atoms with van der Waals surface area (Å²) >= 11 is 0. The number of hydroxylamine groups is 1. The second-order valence-electron chi connectivity index (χ2n) is 7.83. The lowest BCUT2D eigenvalue weighted by Gasteiger charge is -2.36. The third-order valence-electron chi connectivity index (χ3n) is 5.61. The van der Waals surface area contributed by atoms with Crippen molar-refractivity contribution in [3.05, 3.63) is 77.2 Å². The molecule has 0 saturated carbocycles. The van der Waals surface area contributed by atoms with Crippen molar-refractivity contribution in [1.82, 2.24) is 14.8 Å². The number of nitrogens with zero attached hydrogens (tertiary/aromatic N) is 2. The van der Waals surface area contributed by atoms with E-state index >= 15 is 0 Å². The van der Waals surface area contributed by atoms with E-state index in [4.69, 9.17) is 19.4 Å². The maximum atomic E-state index is 14.8. The van der Waals surface area contributed by atoms with E-state index in [9.17, 15) is 17.6 Å². The van der Waals surface area contributed by atoms with Crippen LogP contribution in [0, 0.1) is 12.7 Å². The highest BCUT2D eigenvalue weighted by atomic mass is 32.2. The Morgan fingerprint density at radius 1 is 1.17 bits per heavy atom. The number of rotatable bonds is 7. The van der Waals surface area contributed by atoms with E-state index < -0.39 is 28.2 Å². The highest BCUT2D eigenvalue weighted by molar-refractivity contribution is 7.89. The number of aryl methyl sites for hydroxylation is 1. The average Bonchev–Trinajstić information content (AvgIpc) is 2.87. The van der Waals surface area contributed by atoms with Gasteiger partial charge in [0.1, 0.15) is 22.2 Å². The molecule has 36 heavy (non-hydrogen) atoms. The van der Waals surface area contributed by atoms with Gasteiger partial charge in [-0.25, -0.2) is 28.1 Å². The van der Waals surface area contributed by atoms with Crippen molar-refractivity contribution < 1.29 is 37.0 Å². The molecular formula is C24H24FN3O7S. The van der Waals surface area contributed by atoms with Gasteiger partial charge >= 0.3 is 6.09 Å². The standard InChI is InChI=1S/C24H24FN3O7S/c1-3-33-16-5-7-17(8-6-16)34-21-11-9-18(14-26-21)36(31,32)28-13-12-19-15(2)4-10-20(25)22(19)23(28)35-24(29)27-30/h4-11,14,23,30H,3,12-13H2,1-2H3,(H,27,29)/t23-/m0/s1. The number of ether oxygens (including phenoxy) is 3. The lowest BCUT2D eigenvalue weighted by atomic mass is 9.94. The molecule has 0 fully saturated rings. The van der Waals surface area contributed by atoms with Crippen LogP contribution in [0.3, 0.4) is 0 Å². The van der Waals surface area contributed by atoms with Crippen LogP contribution in [0.25, 0.3) is 0 Å². The zero-order valence-corrected chi connectivity index (χ0v) is 20.3. The van der Waals surface area contributed by atoms with Gasteiger partial charge in [0.2, 0.25) is 15.9 Å². The molecule has 2 N–H and O–H groups in total. The molecular weight excluding hydrogens is 493 g/mol. The molecule has 0 spiro atoms. The van der Waals surface area contributed by atoms with Crippen LogP contribution in [0.4, 0.5) is 9.18 Å². The van der Waals surface area contributed by atoms with Gasteiger partial charge in [-0.1, -0.05) is 6.07 Å². The first kappa shape index (κ1) is 25.4. The van der Waals surface area contributed by atoms with E-state index in [1.165, 1.54) is 23.7 Å². The number of carbonyl (C=O) groups excluding carboxylic acids is 1. The van der Waals surface area contributed by atoms with Crippen molar-refractivity contribution in [2.45, 2.75) is 31.4 Å². The third kappa shape index (κ3) is 5.10. The number of hydrogen-bond donors (Lipinski definition) is 2. The van der Waals surface area contributed by atoms with Crippen molar-refractivity contribution in [3.63, 3.8) is 0 Å². The Bertz CT molecular complexity index is 1350. The van der Waals surface area contributed by atoms with Crippen LogP contribution in [-0.4, -0.2) is 42.2 Å². The summed E-state index contributed by atoms with van der Waals surface area (Å²) < 4.78 is 58.8. The summed E-state index contributed by atoms with van der Waals surface area (Å²) in [7, 11) is -4.29. The first-order chi connectivity index (χ1) is 17.2. The maximum absolute atomic E-state index is 14.8. The van der Waals surface area contributed by atoms with E-state index in [2.05, 4.69) is 4.98 Å². The molecule has 1 aliphatic heterocycles. The fraction of sp³-hybridized carbons (Fsp3) is 0.250. The first-order valence-corrected chi connectivity index (χ1v) is 12.5. The van der Waals surface area contributed by atoms with Crippen molar-refractivity contribution in [2.24, 2.45) is 0 Å². The van der Waals surface area contributed by atoms with Crippen LogP contribution < -0.4 is 15.0 Å². The molecule has 2 aromatic carbocycles. The summed E-state index contributed by atoms with van der Waals surface area (Å²) in [5.41, 5.74) is 2.46. The lowest BCUT2D eigenvalue weighted by Crippen LogP contribution is -2.43. The minimum atomic E-state index is -4.29. The minimum absolute atomic E-state index is 0.0863. The number of sulfonamides is 1. The zero-order chi connectivity index (χ0) is 25.9. The highest BCUT2D eigenvalue weighted by Gasteiger charge is 2.41. The number of aromatic nitrogens is 1. The monoisotopic (exact) mass is 517 g/mol. The molecule has 2 heterocycles.